The van der Waals surface area contributed by atoms with Gasteiger partial charge < -0.3 is 53.2 Å². The van der Waals surface area contributed by atoms with E-state index in [4.69, 9.17) is 43.0 Å². The minimum atomic E-state index is -1.89. The fourth-order valence-electron chi connectivity index (χ4n) is 18.6. The molecule has 150 heavy (non-hydrogen) atoms. The van der Waals surface area contributed by atoms with Gasteiger partial charge in [-0.3, -0.25) is 28.8 Å². The van der Waals surface area contributed by atoms with Crippen LogP contribution < -0.4 is 0 Å². The van der Waals surface area contributed by atoms with Gasteiger partial charge in [-0.05, 0) is 198 Å². The van der Waals surface area contributed by atoms with Crippen LogP contribution in [0.4, 0.5) is 0 Å². The summed E-state index contributed by atoms with van der Waals surface area (Å²) in [6.45, 7) is 18.7. The van der Waals surface area contributed by atoms with Gasteiger partial charge in [0.2, 0.25) is 0 Å². The molecular formula is C132H220O18. The lowest BCUT2D eigenvalue weighted by molar-refractivity contribution is -0.323. The summed E-state index contributed by atoms with van der Waals surface area (Å²) >= 11 is 0. The normalized spacial score (nSPS) is 17.8. The number of hydrogen-bond donors (Lipinski definition) is 3. The highest BCUT2D eigenvalue weighted by Gasteiger charge is 2.58. The Morgan fingerprint density at radius 1 is 0.273 bits per heavy atom. The Labute approximate surface area is 916 Å². The topological polar surface area (TPSA) is 254 Å². The lowest BCUT2D eigenvalue weighted by Crippen LogP contribution is -2.63. The number of carbonyl (C=O) groups is 7. The van der Waals surface area contributed by atoms with E-state index in [-0.39, 0.29) is 51.7 Å². The molecule has 856 valence electrons. The number of carboxylic acid groups (broad SMARTS) is 1. The molecule has 3 rings (SSSR count). The fourth-order valence-corrected chi connectivity index (χ4v) is 18.6. The third-order valence-electron chi connectivity index (χ3n) is 27.9. The second-order valence-electron chi connectivity index (χ2n) is 41.6. The number of carbonyl (C=O) groups excluding carboxylic acids is 6. The quantitative estimate of drug-likeness (QED) is 0.0180. The van der Waals surface area contributed by atoms with Crippen LogP contribution in [0.2, 0.25) is 0 Å². The van der Waals surface area contributed by atoms with Crippen LogP contribution in [-0.2, 0) is 71.5 Å². The number of aliphatic hydroxyl groups excluding tert-OH is 2. The zero-order chi connectivity index (χ0) is 109. The van der Waals surface area contributed by atoms with Gasteiger partial charge in [0, 0.05) is 56.4 Å². The van der Waals surface area contributed by atoms with Gasteiger partial charge in [0.05, 0.1) is 13.2 Å². The third-order valence-corrected chi connectivity index (χ3v) is 27.9. The Morgan fingerprint density at radius 2 is 0.507 bits per heavy atom. The van der Waals surface area contributed by atoms with Crippen molar-refractivity contribution in [1.29, 1.82) is 0 Å². The second kappa shape index (κ2) is 108. The van der Waals surface area contributed by atoms with E-state index < -0.39 is 109 Å². The molecule has 1 aliphatic heterocycles. The monoisotopic (exact) mass is 2090 g/mol. The van der Waals surface area contributed by atoms with Crippen LogP contribution >= 0.6 is 0 Å². The number of aliphatic hydroxyl groups is 2. The molecular weight excluding hydrogens is 1870 g/mol. The smallest absolute Gasteiger partial charge is 0.327 e. The molecule has 0 radical (unpaired) electrons. The summed E-state index contributed by atoms with van der Waals surface area (Å²) in [5.74, 6) is -6.37. The van der Waals surface area contributed by atoms with Gasteiger partial charge in [-0.15, -0.1) is 0 Å². The first-order chi connectivity index (χ1) is 73.5. The minimum Gasteiger partial charge on any atom is -0.478 e. The third kappa shape index (κ3) is 86.5. The van der Waals surface area contributed by atoms with Gasteiger partial charge >= 0.3 is 41.8 Å². The molecule has 0 bridgehead atoms. The molecule has 1 saturated heterocycles. The highest BCUT2D eigenvalue weighted by molar-refractivity contribution is 5.79. The van der Waals surface area contributed by atoms with Crippen LogP contribution in [-0.4, -0.2) is 126 Å². The highest BCUT2D eigenvalue weighted by atomic mass is 16.7. The van der Waals surface area contributed by atoms with Crippen molar-refractivity contribution in [3.8, 4) is 0 Å². The molecule has 18 heteroatoms. The Kier molecular flexibility index (Phi) is 101. The molecule has 2 fully saturated rings. The molecule has 1 heterocycles. The Bertz CT molecular complexity index is 3660. The molecule has 1 aromatic carbocycles. The molecule has 3 N–H and O–H groups in total. The van der Waals surface area contributed by atoms with Crippen molar-refractivity contribution in [2.24, 2.45) is 11.8 Å². The number of hydrogen-bond acceptors (Lipinski definition) is 17. The Morgan fingerprint density at radius 3 is 0.793 bits per heavy atom. The van der Waals surface area contributed by atoms with Crippen LogP contribution in [0.1, 0.15) is 535 Å². The maximum absolute atomic E-state index is 14.6. The van der Waals surface area contributed by atoms with E-state index >= 15 is 0 Å². The number of allylic oxidation sites excluding steroid dienone is 20. The van der Waals surface area contributed by atoms with E-state index in [1.165, 1.54) is 166 Å². The highest BCUT2D eigenvalue weighted by Crippen LogP contribution is 2.41. The SMILES string of the molecule is C=CC(=O)O.C=Cc1ccccc1.CC/C=C\C/C=C\C/C=C\CCCCCCCC(=O)OC[C@H]1OC(OC2C(OC(=O)CCCCCCC/C=C\C/C=C\CCCCC)[C@H](O)C(COC(=O)CCCCCCC/C=C\CCCCCCCC)[C@@H]2COC(=O)CCCCCCC/C=C\C/C=C\CCCCC)C(O)[C@@H](OC(=O)CCCCCCC/C=C\C/C=C\CCCCC)C1OC(=O)CCCCCCCCCCCCCCCCC. The maximum Gasteiger partial charge on any atom is 0.327 e. The summed E-state index contributed by atoms with van der Waals surface area (Å²) in [4.78, 5) is 95.2. The van der Waals surface area contributed by atoms with Crippen LogP contribution in [0, 0.1) is 11.8 Å². The molecule has 6 unspecified atom stereocenters. The van der Waals surface area contributed by atoms with E-state index in [0.717, 1.165) is 256 Å². The van der Waals surface area contributed by atoms with Gasteiger partial charge in [0.25, 0.3) is 0 Å². The molecule has 1 aromatic rings. The largest absolute Gasteiger partial charge is 0.478 e. The number of rotatable bonds is 99. The van der Waals surface area contributed by atoms with Crippen molar-refractivity contribution in [2.75, 3.05) is 19.8 Å². The van der Waals surface area contributed by atoms with Gasteiger partial charge in [-0.2, -0.15) is 0 Å². The molecule has 0 amide bonds. The number of ether oxygens (including phenoxy) is 8. The molecule has 2 aliphatic rings. The van der Waals surface area contributed by atoms with Crippen molar-refractivity contribution in [3.05, 3.63) is 177 Å². The van der Waals surface area contributed by atoms with Crippen LogP contribution in [0.15, 0.2) is 171 Å². The number of benzene rings is 1. The molecule has 1 saturated carbocycles. The average Bonchev–Trinajstić information content (AvgIpc) is 0.826. The summed E-state index contributed by atoms with van der Waals surface area (Å²) in [7, 11) is 0. The van der Waals surface area contributed by atoms with E-state index in [1.54, 1.807) is 0 Å². The molecule has 0 spiro atoms. The van der Waals surface area contributed by atoms with Gasteiger partial charge in [0.15, 0.2) is 24.6 Å². The van der Waals surface area contributed by atoms with Crippen molar-refractivity contribution < 1.29 is 86.8 Å². The zero-order valence-electron chi connectivity index (χ0n) is 96.1. The Hall–Kier alpha value is -7.77. The first kappa shape index (κ1) is 140. The first-order valence-corrected chi connectivity index (χ1v) is 61.3. The summed E-state index contributed by atoms with van der Waals surface area (Å²) in [5.41, 5.74) is 1.17. The van der Waals surface area contributed by atoms with Crippen LogP contribution in [0.5, 0.6) is 0 Å². The van der Waals surface area contributed by atoms with Crippen molar-refractivity contribution in [3.63, 3.8) is 0 Å². The predicted molar refractivity (Wildman–Crippen MR) is 626 cm³/mol. The van der Waals surface area contributed by atoms with Crippen LogP contribution in [0.25, 0.3) is 6.08 Å². The predicted octanol–water partition coefficient (Wildman–Crippen LogP) is 36.3. The lowest BCUT2D eigenvalue weighted by atomic mass is 9.94. The number of carboxylic acids is 1. The second-order valence-corrected chi connectivity index (χ2v) is 41.6. The van der Waals surface area contributed by atoms with Crippen LogP contribution in [0.3, 0.4) is 0 Å². The van der Waals surface area contributed by atoms with E-state index in [2.05, 4.69) is 176 Å². The average molecular weight is 2100 g/mol. The summed E-state index contributed by atoms with van der Waals surface area (Å²) in [6.07, 6.45) is 108. The van der Waals surface area contributed by atoms with Gasteiger partial charge in [-0.25, -0.2) is 4.79 Å². The minimum absolute atomic E-state index is 0.00686. The number of aliphatic carboxylic acids is 1. The van der Waals surface area contributed by atoms with Gasteiger partial charge in [0.1, 0.15) is 31.0 Å². The summed E-state index contributed by atoms with van der Waals surface area (Å²) in [5, 5.41) is 33.7. The Balaban J connectivity index is 0.00000802. The first-order valence-electron chi connectivity index (χ1n) is 61.3. The number of unbranched alkanes of at least 4 members (excludes halogenated alkanes) is 54. The maximum atomic E-state index is 14.6. The van der Waals surface area contributed by atoms with Gasteiger partial charge in [-0.1, -0.05) is 469 Å². The van der Waals surface area contributed by atoms with Crippen molar-refractivity contribution in [2.45, 2.75) is 579 Å². The fraction of sp³-hybridized carbons (Fsp3) is 0.720. The molecule has 18 nitrogen and oxygen atoms in total. The van der Waals surface area contributed by atoms with E-state index in [0.29, 0.717) is 38.5 Å². The van der Waals surface area contributed by atoms with Crippen molar-refractivity contribution in [1.82, 2.24) is 0 Å². The molecule has 1 aliphatic carbocycles. The lowest BCUT2D eigenvalue weighted by Gasteiger charge is -2.44. The summed E-state index contributed by atoms with van der Waals surface area (Å²) < 4.78 is 51.6. The summed E-state index contributed by atoms with van der Waals surface area (Å²) in [6, 6.07) is 10.0. The van der Waals surface area contributed by atoms with Crippen molar-refractivity contribution >= 4 is 47.9 Å². The number of esters is 6. The molecule has 0 aromatic heterocycles. The molecule has 10 atom stereocenters. The zero-order valence-corrected chi connectivity index (χ0v) is 96.1. The van der Waals surface area contributed by atoms with E-state index in [9.17, 15) is 43.8 Å². The standard InChI is InChI=1S/C121H208O16.C8H8.C3H4O2/c1-7-13-19-25-31-37-43-49-55-61-67-73-79-85-91-97-109(122)130-103-106-107(104-131-110(123)98-92-86-80-74-68-62-56-50-44-38-32-26-20-14-8-2)117(119(115(106)128)135-113(126)101-95-89-83-77-71-65-59-53-47-41-35-29-23-17-11-5)137-121-116(129)120(136-114(127)102-96-90-84-78-72-66-60-54-48-42-36-30-24-18-12-6)118(134-112(125)100-94-88-82-76-70-64-58-52-46-40-34-28-22-16-10-4)108(133-121)105-132-111(124)99-93-87-81-75-69-63-57-51-45-39-33-27-21-15-9-3;1-2-8-6-4-3-5-7-8;1-2-3(4)5/h15,21,32-33,35-36,38-39,41-42,49-51,53-57,59-60,106-108,115-121,128-129H,7-14,16-20,22-31,34,37,40,43-48,52,58,61-105H2,1-6H3;2-7H,1H2;2H,1H2,(H,4,5)/b21-15-,38-32-,39-33-,41-35-,42-36-,55-49-,56-50-,57-51-,59-53-,60-54-;;/t106?,107-,108+,115+,116?,117?,118?,119?,120+,121?;;/m0../s1. The van der Waals surface area contributed by atoms with E-state index in [1.807, 2.05) is 36.4 Å².